The molecule has 0 saturated carbocycles. The number of rotatable bonds is 0. The fraction of sp³-hybridized carbons (Fsp3) is 0.417. The van der Waals surface area contributed by atoms with Crippen molar-refractivity contribution in [3.63, 3.8) is 0 Å². The van der Waals surface area contributed by atoms with Crippen molar-refractivity contribution >= 4 is 6.09 Å². The number of ether oxygens (including phenoxy) is 2. The lowest BCUT2D eigenvalue weighted by Crippen LogP contribution is -2.43. The summed E-state index contributed by atoms with van der Waals surface area (Å²) in [6.07, 6.45) is -0.344. The first-order valence-electron chi connectivity index (χ1n) is 5.41. The van der Waals surface area contributed by atoms with E-state index in [1.165, 1.54) is 0 Å². The molecule has 0 radical (unpaired) electrons. The van der Waals surface area contributed by atoms with Gasteiger partial charge >= 0.3 is 6.09 Å². The van der Waals surface area contributed by atoms with Gasteiger partial charge in [0, 0.05) is 11.5 Å². The van der Waals surface area contributed by atoms with E-state index in [0.29, 0.717) is 13.2 Å². The molecule has 0 aromatic heterocycles. The molecule has 1 N–H and O–H groups in total. The number of alkyl carbamates (subject to hydrolysis) is 1. The summed E-state index contributed by atoms with van der Waals surface area (Å²) in [6.45, 7) is 3.13. The predicted molar refractivity (Wildman–Crippen MR) is 57.3 cm³/mol. The van der Waals surface area contributed by atoms with Crippen molar-refractivity contribution in [1.29, 1.82) is 0 Å². The Bertz CT molecular complexity index is 446. The van der Waals surface area contributed by atoms with E-state index in [2.05, 4.69) is 5.32 Å². The number of benzene rings is 1. The topological polar surface area (TPSA) is 47.6 Å². The summed E-state index contributed by atoms with van der Waals surface area (Å²) in [5.74, 6) is 0.971. The Morgan fingerprint density at radius 1 is 1.44 bits per heavy atom. The number of hydrogen-bond acceptors (Lipinski definition) is 3. The van der Waals surface area contributed by atoms with Gasteiger partial charge in [-0.15, -0.1) is 0 Å². The van der Waals surface area contributed by atoms with Crippen molar-refractivity contribution in [2.75, 3.05) is 13.2 Å². The largest absolute Gasteiger partial charge is 0.493 e. The standard InChI is InChI=1S/C12H13NO3/c1-8-6-15-10-5-3-2-4-9(10)12(8)7-13-11(14)16-12/h2-5,8H,6-7H2,1H3,(H,13,14). The fourth-order valence-electron chi connectivity index (χ4n) is 2.42. The number of para-hydroxylation sites is 1. The molecule has 16 heavy (non-hydrogen) atoms. The molecule has 4 heteroatoms. The van der Waals surface area contributed by atoms with Gasteiger partial charge in [-0.25, -0.2) is 4.79 Å². The third-order valence-corrected chi connectivity index (χ3v) is 3.40. The first-order chi connectivity index (χ1) is 7.72. The Labute approximate surface area is 93.5 Å². The van der Waals surface area contributed by atoms with Crippen molar-refractivity contribution in [3.8, 4) is 5.75 Å². The fourth-order valence-corrected chi connectivity index (χ4v) is 2.42. The molecule has 3 rings (SSSR count). The zero-order valence-electron chi connectivity index (χ0n) is 9.03. The van der Waals surface area contributed by atoms with E-state index in [1.807, 2.05) is 31.2 Å². The molecule has 0 bridgehead atoms. The van der Waals surface area contributed by atoms with Crippen LogP contribution in [0.5, 0.6) is 5.75 Å². The summed E-state index contributed by atoms with van der Waals surface area (Å²) in [6, 6.07) is 7.74. The number of hydrogen-bond donors (Lipinski definition) is 1. The van der Waals surface area contributed by atoms with Gasteiger partial charge in [0.05, 0.1) is 13.2 Å². The van der Waals surface area contributed by atoms with Crippen LogP contribution >= 0.6 is 0 Å². The number of carbonyl (C=O) groups is 1. The van der Waals surface area contributed by atoms with Gasteiger partial charge in [-0.05, 0) is 6.07 Å². The highest BCUT2D eigenvalue weighted by molar-refractivity contribution is 5.71. The van der Waals surface area contributed by atoms with Crippen LogP contribution in [0.1, 0.15) is 12.5 Å². The number of amides is 1. The van der Waals surface area contributed by atoms with Crippen molar-refractivity contribution < 1.29 is 14.3 Å². The maximum Gasteiger partial charge on any atom is 0.408 e. The molecule has 2 aliphatic rings. The molecule has 1 aromatic rings. The summed E-state index contributed by atoms with van der Waals surface area (Å²) in [4.78, 5) is 11.3. The van der Waals surface area contributed by atoms with E-state index in [9.17, 15) is 4.79 Å². The summed E-state index contributed by atoms with van der Waals surface area (Å²) in [5, 5.41) is 2.73. The van der Waals surface area contributed by atoms with E-state index < -0.39 is 5.60 Å². The SMILES string of the molecule is CC1COc2ccccc2C12CNC(=O)O2. The molecule has 2 heterocycles. The van der Waals surface area contributed by atoms with Crippen molar-refractivity contribution in [1.82, 2.24) is 5.32 Å². The predicted octanol–water partition coefficient (Wildman–Crippen LogP) is 1.65. The van der Waals surface area contributed by atoms with Gasteiger partial charge in [0.15, 0.2) is 5.60 Å². The molecule has 2 aliphatic heterocycles. The highest BCUT2D eigenvalue weighted by Gasteiger charge is 2.50. The van der Waals surface area contributed by atoms with Gasteiger partial charge in [0.25, 0.3) is 0 Å². The maximum absolute atomic E-state index is 11.3. The van der Waals surface area contributed by atoms with E-state index in [1.54, 1.807) is 0 Å². The average molecular weight is 219 g/mol. The van der Waals surface area contributed by atoms with E-state index >= 15 is 0 Å². The van der Waals surface area contributed by atoms with Crippen LogP contribution in [-0.2, 0) is 10.3 Å². The molecule has 1 aromatic carbocycles. The third kappa shape index (κ3) is 1.13. The van der Waals surface area contributed by atoms with Gasteiger partial charge in [-0.1, -0.05) is 25.1 Å². The Hall–Kier alpha value is -1.71. The second-order valence-corrected chi connectivity index (χ2v) is 4.34. The summed E-state index contributed by atoms with van der Waals surface area (Å²) >= 11 is 0. The van der Waals surface area contributed by atoms with Crippen LogP contribution < -0.4 is 10.1 Å². The Morgan fingerprint density at radius 2 is 2.25 bits per heavy atom. The van der Waals surface area contributed by atoms with Crippen LogP contribution in [0.3, 0.4) is 0 Å². The Kier molecular flexibility index (Phi) is 1.87. The lowest BCUT2D eigenvalue weighted by molar-refractivity contribution is -0.0261. The zero-order valence-corrected chi connectivity index (χ0v) is 9.03. The average Bonchev–Trinajstić information content (AvgIpc) is 2.68. The summed E-state index contributed by atoms with van der Waals surface area (Å²) in [5.41, 5.74) is 0.415. The van der Waals surface area contributed by atoms with Gasteiger partial charge in [0.1, 0.15) is 5.75 Å². The minimum absolute atomic E-state index is 0.154. The number of nitrogens with one attached hydrogen (secondary N) is 1. The molecule has 1 fully saturated rings. The molecule has 2 unspecified atom stereocenters. The third-order valence-electron chi connectivity index (χ3n) is 3.40. The second-order valence-electron chi connectivity index (χ2n) is 4.34. The van der Waals surface area contributed by atoms with Crippen LogP contribution in [0.2, 0.25) is 0 Å². The molecule has 2 atom stereocenters. The Morgan fingerprint density at radius 3 is 3.00 bits per heavy atom. The van der Waals surface area contributed by atoms with Crippen LogP contribution in [0, 0.1) is 5.92 Å². The van der Waals surface area contributed by atoms with E-state index in [0.717, 1.165) is 11.3 Å². The van der Waals surface area contributed by atoms with Crippen LogP contribution in [-0.4, -0.2) is 19.2 Å². The number of fused-ring (bicyclic) bond motifs is 2. The minimum atomic E-state index is -0.550. The quantitative estimate of drug-likeness (QED) is 0.721. The van der Waals surface area contributed by atoms with Crippen molar-refractivity contribution in [3.05, 3.63) is 29.8 Å². The first-order valence-corrected chi connectivity index (χ1v) is 5.41. The van der Waals surface area contributed by atoms with Crippen LogP contribution in [0.4, 0.5) is 4.79 Å². The van der Waals surface area contributed by atoms with Crippen LogP contribution in [0.25, 0.3) is 0 Å². The lowest BCUT2D eigenvalue weighted by Gasteiger charge is -2.38. The summed E-state index contributed by atoms with van der Waals surface area (Å²) < 4.78 is 11.1. The zero-order chi connectivity index (χ0) is 11.2. The first kappa shape index (κ1) is 9.51. The number of carbonyl (C=O) groups excluding carboxylic acids is 1. The maximum atomic E-state index is 11.3. The molecule has 0 aliphatic carbocycles. The highest BCUT2D eigenvalue weighted by atomic mass is 16.6. The molecule has 1 spiro atoms. The highest BCUT2D eigenvalue weighted by Crippen LogP contribution is 2.44. The molecular weight excluding hydrogens is 206 g/mol. The van der Waals surface area contributed by atoms with Gasteiger partial charge < -0.3 is 14.8 Å². The van der Waals surface area contributed by atoms with E-state index in [-0.39, 0.29) is 12.0 Å². The molecule has 1 saturated heterocycles. The Balaban J connectivity index is 2.13. The summed E-state index contributed by atoms with van der Waals surface area (Å²) in [7, 11) is 0. The molecule has 1 amide bonds. The lowest BCUT2D eigenvalue weighted by atomic mass is 9.80. The van der Waals surface area contributed by atoms with Crippen LogP contribution in [0.15, 0.2) is 24.3 Å². The smallest absolute Gasteiger partial charge is 0.408 e. The van der Waals surface area contributed by atoms with Gasteiger partial charge in [-0.3, -0.25) is 0 Å². The minimum Gasteiger partial charge on any atom is -0.493 e. The van der Waals surface area contributed by atoms with Gasteiger partial charge in [-0.2, -0.15) is 0 Å². The second kappa shape index (κ2) is 3.14. The molecular formula is C12H13NO3. The van der Waals surface area contributed by atoms with Crippen molar-refractivity contribution in [2.45, 2.75) is 12.5 Å². The monoisotopic (exact) mass is 219 g/mol. The van der Waals surface area contributed by atoms with Gasteiger partial charge in [0.2, 0.25) is 0 Å². The van der Waals surface area contributed by atoms with Crippen molar-refractivity contribution in [2.24, 2.45) is 5.92 Å². The van der Waals surface area contributed by atoms with E-state index in [4.69, 9.17) is 9.47 Å². The molecule has 4 nitrogen and oxygen atoms in total. The molecule has 84 valence electrons. The normalized spacial score (nSPS) is 31.6.